The maximum atomic E-state index is 11.6. The van der Waals surface area contributed by atoms with E-state index in [0.717, 1.165) is 38.5 Å². The van der Waals surface area contributed by atoms with Gasteiger partial charge in [-0.3, -0.25) is 19.2 Å². The number of aliphatic carboxylic acids is 2. The Kier molecular flexibility index (Phi) is 21.9. The van der Waals surface area contributed by atoms with Gasteiger partial charge in [0.2, 0.25) is 11.8 Å². The highest BCUT2D eigenvalue weighted by Crippen LogP contribution is 2.15. The van der Waals surface area contributed by atoms with Crippen LogP contribution in [0.15, 0.2) is 0 Å². The first-order chi connectivity index (χ1) is 17.2. The molecule has 0 aromatic rings. The number of hydrogen-bond donors (Lipinski definition) is 4. The van der Waals surface area contributed by atoms with Gasteiger partial charge in [0.05, 0.1) is 0 Å². The van der Waals surface area contributed by atoms with E-state index in [1.54, 1.807) is 0 Å². The highest BCUT2D eigenvalue weighted by Gasteiger charge is 2.14. The first-order valence-electron chi connectivity index (χ1n) is 14.3. The van der Waals surface area contributed by atoms with Gasteiger partial charge in [-0.15, -0.1) is 0 Å². The molecule has 0 bridgehead atoms. The number of carboxylic acid groups (broad SMARTS) is 2. The Labute approximate surface area is 218 Å². The van der Waals surface area contributed by atoms with Crippen LogP contribution < -0.4 is 10.6 Å². The average molecular weight is 513 g/mol. The molecule has 0 unspecified atom stereocenters. The third-order valence-electron chi connectivity index (χ3n) is 6.55. The van der Waals surface area contributed by atoms with Gasteiger partial charge < -0.3 is 20.8 Å². The van der Waals surface area contributed by atoms with Gasteiger partial charge >= 0.3 is 11.9 Å². The number of carboxylic acids is 2. The fraction of sp³-hybridized carbons (Fsp3) is 0.857. The third-order valence-corrected chi connectivity index (χ3v) is 6.55. The van der Waals surface area contributed by atoms with Crippen molar-refractivity contribution in [3.05, 3.63) is 0 Å². The molecular formula is C28H52N2O6. The van der Waals surface area contributed by atoms with E-state index in [1.165, 1.54) is 90.9 Å². The fourth-order valence-corrected chi connectivity index (χ4v) is 4.15. The molecular weight excluding hydrogens is 460 g/mol. The quantitative estimate of drug-likeness (QED) is 0.111. The molecule has 0 aliphatic heterocycles. The summed E-state index contributed by atoms with van der Waals surface area (Å²) in [6.45, 7) is 2.96. The van der Waals surface area contributed by atoms with Crippen molar-refractivity contribution in [3.8, 4) is 0 Å². The summed E-state index contributed by atoms with van der Waals surface area (Å²) in [5, 5.41) is 22.5. The molecule has 0 heterocycles. The summed E-state index contributed by atoms with van der Waals surface area (Å²) in [4.78, 5) is 44.6. The maximum absolute atomic E-state index is 11.6. The molecule has 0 aromatic heterocycles. The summed E-state index contributed by atoms with van der Waals surface area (Å²) in [6, 6.07) is -1.63. The molecule has 0 aliphatic carbocycles. The zero-order valence-electron chi connectivity index (χ0n) is 22.8. The van der Waals surface area contributed by atoms with Crippen molar-refractivity contribution in [1.82, 2.24) is 10.6 Å². The van der Waals surface area contributed by atoms with Crippen molar-refractivity contribution in [1.29, 1.82) is 0 Å². The molecule has 2 amide bonds. The summed E-state index contributed by atoms with van der Waals surface area (Å²) in [6.07, 6.45) is 22.2. The Morgan fingerprint density at radius 1 is 0.444 bits per heavy atom. The van der Waals surface area contributed by atoms with Crippen LogP contribution in [-0.2, 0) is 19.2 Å². The Hall–Kier alpha value is -2.12. The molecule has 0 rings (SSSR count). The maximum Gasteiger partial charge on any atom is 0.325 e. The van der Waals surface area contributed by atoms with E-state index in [4.69, 9.17) is 10.2 Å². The summed E-state index contributed by atoms with van der Waals surface area (Å²) in [5.41, 5.74) is 0. The van der Waals surface area contributed by atoms with Gasteiger partial charge in [-0.25, -0.2) is 0 Å². The van der Waals surface area contributed by atoms with Crippen LogP contribution in [0.3, 0.4) is 0 Å². The van der Waals surface area contributed by atoms with Crippen LogP contribution in [0.1, 0.15) is 142 Å². The zero-order valence-corrected chi connectivity index (χ0v) is 22.8. The molecule has 0 radical (unpaired) electrons. The van der Waals surface area contributed by atoms with Crippen LogP contribution in [0, 0.1) is 0 Å². The van der Waals surface area contributed by atoms with Crippen molar-refractivity contribution < 1.29 is 29.4 Å². The van der Waals surface area contributed by atoms with Crippen molar-refractivity contribution in [2.75, 3.05) is 0 Å². The monoisotopic (exact) mass is 512 g/mol. The van der Waals surface area contributed by atoms with Crippen molar-refractivity contribution in [3.63, 3.8) is 0 Å². The molecule has 8 nitrogen and oxygen atoms in total. The Balaban J connectivity index is 3.25. The highest BCUT2D eigenvalue weighted by atomic mass is 16.4. The summed E-state index contributed by atoms with van der Waals surface area (Å²) in [5.74, 6) is -2.34. The topological polar surface area (TPSA) is 133 Å². The van der Waals surface area contributed by atoms with E-state index in [0.29, 0.717) is 12.8 Å². The molecule has 0 saturated heterocycles. The van der Waals surface area contributed by atoms with E-state index in [2.05, 4.69) is 10.6 Å². The van der Waals surface area contributed by atoms with Gasteiger partial charge in [0.25, 0.3) is 0 Å². The predicted molar refractivity (Wildman–Crippen MR) is 143 cm³/mol. The van der Waals surface area contributed by atoms with E-state index in [1.807, 2.05) is 0 Å². The Morgan fingerprint density at radius 3 is 0.833 bits per heavy atom. The standard InChI is InChI=1S/C28H52N2O6/c1-23(27(33)34)29-25(31)21-19-17-15-13-11-9-7-5-3-4-6-8-10-12-14-16-18-20-22-26(32)30-24(2)28(35)36/h23-24H,3-22H2,1-2H3,(H,29,31)(H,30,32)(H,33,34)(H,35,36)/t23-,24-/m0/s1. The summed E-state index contributed by atoms with van der Waals surface area (Å²) < 4.78 is 0. The van der Waals surface area contributed by atoms with Gasteiger partial charge in [-0.05, 0) is 26.7 Å². The second-order valence-electron chi connectivity index (χ2n) is 10.1. The van der Waals surface area contributed by atoms with Crippen LogP contribution >= 0.6 is 0 Å². The third kappa shape index (κ3) is 22.4. The highest BCUT2D eigenvalue weighted by molar-refractivity contribution is 5.83. The van der Waals surface area contributed by atoms with E-state index < -0.39 is 24.0 Å². The number of hydrogen-bond acceptors (Lipinski definition) is 4. The van der Waals surface area contributed by atoms with Crippen molar-refractivity contribution >= 4 is 23.8 Å². The smallest absolute Gasteiger partial charge is 0.325 e. The molecule has 0 aromatic carbocycles. The zero-order chi connectivity index (χ0) is 27.0. The number of rotatable bonds is 25. The Morgan fingerprint density at radius 2 is 0.639 bits per heavy atom. The van der Waals surface area contributed by atoms with Crippen molar-refractivity contribution in [2.24, 2.45) is 0 Å². The normalized spacial score (nSPS) is 12.6. The second kappa shape index (κ2) is 23.3. The molecule has 0 aliphatic rings. The van der Waals surface area contributed by atoms with Crippen molar-refractivity contribution in [2.45, 2.75) is 154 Å². The lowest BCUT2D eigenvalue weighted by molar-refractivity contribution is -0.141. The number of carbonyl (C=O) groups excluding carboxylic acids is 2. The molecule has 8 heteroatoms. The van der Waals surface area contributed by atoms with Crippen LogP contribution in [0.4, 0.5) is 0 Å². The Bertz CT molecular complexity index is 559. The second-order valence-corrected chi connectivity index (χ2v) is 10.1. The van der Waals surface area contributed by atoms with Crippen LogP contribution in [0.2, 0.25) is 0 Å². The lowest BCUT2D eigenvalue weighted by atomic mass is 10.0. The van der Waals surface area contributed by atoms with E-state index in [-0.39, 0.29) is 11.8 Å². The fourth-order valence-electron chi connectivity index (χ4n) is 4.15. The first-order valence-corrected chi connectivity index (χ1v) is 14.3. The van der Waals surface area contributed by atoms with Gasteiger partial charge in [0.15, 0.2) is 0 Å². The average Bonchev–Trinajstić information content (AvgIpc) is 2.82. The molecule has 4 N–H and O–H groups in total. The van der Waals surface area contributed by atoms with E-state index >= 15 is 0 Å². The number of unbranched alkanes of at least 4 members (excludes halogenated alkanes) is 17. The van der Waals surface area contributed by atoms with Gasteiger partial charge in [-0.1, -0.05) is 103 Å². The number of carbonyl (C=O) groups is 4. The molecule has 0 saturated carbocycles. The lowest BCUT2D eigenvalue weighted by Gasteiger charge is -2.09. The van der Waals surface area contributed by atoms with Crippen LogP contribution in [-0.4, -0.2) is 46.0 Å². The summed E-state index contributed by atoms with van der Waals surface area (Å²) >= 11 is 0. The molecule has 36 heavy (non-hydrogen) atoms. The minimum atomic E-state index is -1.00. The van der Waals surface area contributed by atoms with Gasteiger partial charge in [0.1, 0.15) is 12.1 Å². The number of amides is 2. The largest absolute Gasteiger partial charge is 0.480 e. The van der Waals surface area contributed by atoms with E-state index in [9.17, 15) is 19.2 Å². The summed E-state index contributed by atoms with van der Waals surface area (Å²) in [7, 11) is 0. The minimum Gasteiger partial charge on any atom is -0.480 e. The van der Waals surface area contributed by atoms with Gasteiger partial charge in [-0.2, -0.15) is 0 Å². The molecule has 0 fully saturated rings. The number of nitrogens with one attached hydrogen (secondary N) is 2. The SMILES string of the molecule is C[C@H](NC(=O)CCCCCCCCCCCCCCCCCCCCC(=O)N[C@@H](C)C(=O)O)C(=O)O. The van der Waals surface area contributed by atoms with Crippen LogP contribution in [0.25, 0.3) is 0 Å². The molecule has 210 valence electrons. The lowest BCUT2D eigenvalue weighted by Crippen LogP contribution is -2.38. The minimum absolute atomic E-state index is 0.172. The predicted octanol–water partition coefficient (Wildman–Crippen LogP) is 5.97. The first kappa shape index (κ1) is 33.9. The van der Waals surface area contributed by atoms with Gasteiger partial charge in [0, 0.05) is 12.8 Å². The molecule has 0 spiro atoms. The molecule has 2 atom stereocenters. The van der Waals surface area contributed by atoms with Crippen LogP contribution in [0.5, 0.6) is 0 Å².